The Morgan fingerprint density at radius 3 is 2.48 bits per heavy atom. The first-order valence-electron chi connectivity index (χ1n) is 7.52. The highest BCUT2D eigenvalue weighted by molar-refractivity contribution is 7.86. The van der Waals surface area contributed by atoms with E-state index in [4.69, 9.17) is 5.14 Å². The topological polar surface area (TPSA) is 86.9 Å². The standard InChI is InChI=1S/C13H26N4O3S/c1-15(12-5-6-12)8-9-16(2)13(18)11-4-3-7-17(10-11)21(14,19)20/h11-12H,3-10H2,1-2H3,(H2,14,19,20). The van der Waals surface area contributed by atoms with Crippen LogP contribution in [0.4, 0.5) is 0 Å². The smallest absolute Gasteiger partial charge is 0.276 e. The predicted octanol–water partition coefficient (Wildman–Crippen LogP) is -0.545. The highest BCUT2D eigenvalue weighted by Gasteiger charge is 2.32. The lowest BCUT2D eigenvalue weighted by molar-refractivity contribution is -0.135. The number of amides is 1. The zero-order valence-electron chi connectivity index (χ0n) is 12.9. The summed E-state index contributed by atoms with van der Waals surface area (Å²) < 4.78 is 24.0. The van der Waals surface area contributed by atoms with Crippen LogP contribution in [0.3, 0.4) is 0 Å². The first-order chi connectivity index (χ1) is 9.79. The number of hydrogen-bond donors (Lipinski definition) is 1. The van der Waals surface area contributed by atoms with Crippen molar-refractivity contribution in [2.75, 3.05) is 40.3 Å². The Kier molecular flexibility index (Phi) is 5.24. The van der Waals surface area contributed by atoms with Gasteiger partial charge in [-0.25, -0.2) is 5.14 Å². The Morgan fingerprint density at radius 2 is 1.90 bits per heavy atom. The van der Waals surface area contributed by atoms with E-state index in [-0.39, 0.29) is 18.4 Å². The third-order valence-electron chi connectivity index (χ3n) is 4.43. The molecule has 0 spiro atoms. The normalized spacial score (nSPS) is 24.3. The number of nitrogens with zero attached hydrogens (tertiary/aromatic N) is 3. The molecule has 1 aliphatic carbocycles. The zero-order chi connectivity index (χ0) is 15.6. The van der Waals surface area contributed by atoms with E-state index in [2.05, 4.69) is 11.9 Å². The number of piperidine rings is 1. The number of rotatable bonds is 6. The molecule has 1 amide bonds. The minimum absolute atomic E-state index is 0.0209. The molecule has 1 saturated heterocycles. The van der Waals surface area contributed by atoms with Crippen LogP contribution in [0.5, 0.6) is 0 Å². The van der Waals surface area contributed by atoms with Gasteiger partial charge in [-0.3, -0.25) is 4.79 Å². The maximum atomic E-state index is 12.4. The Morgan fingerprint density at radius 1 is 1.24 bits per heavy atom. The van der Waals surface area contributed by atoms with E-state index in [9.17, 15) is 13.2 Å². The van der Waals surface area contributed by atoms with E-state index in [0.717, 1.165) is 13.0 Å². The molecule has 1 atom stereocenters. The molecule has 1 unspecified atom stereocenters. The molecule has 1 heterocycles. The second kappa shape index (κ2) is 6.60. The van der Waals surface area contributed by atoms with Crippen LogP contribution in [0, 0.1) is 5.92 Å². The lowest BCUT2D eigenvalue weighted by Gasteiger charge is -2.32. The molecular formula is C13H26N4O3S. The van der Waals surface area contributed by atoms with Crippen LogP contribution in [-0.2, 0) is 15.0 Å². The minimum Gasteiger partial charge on any atom is -0.344 e. The van der Waals surface area contributed by atoms with Gasteiger partial charge >= 0.3 is 0 Å². The fourth-order valence-electron chi connectivity index (χ4n) is 2.80. The Balaban J connectivity index is 1.83. The third-order valence-corrected chi connectivity index (χ3v) is 5.48. The molecule has 21 heavy (non-hydrogen) atoms. The van der Waals surface area contributed by atoms with Gasteiger partial charge in [0.25, 0.3) is 10.2 Å². The molecule has 1 saturated carbocycles. The van der Waals surface area contributed by atoms with Crippen molar-refractivity contribution >= 4 is 16.1 Å². The van der Waals surface area contributed by atoms with Crippen molar-refractivity contribution in [1.82, 2.24) is 14.1 Å². The van der Waals surface area contributed by atoms with Crippen LogP contribution in [0.15, 0.2) is 0 Å². The van der Waals surface area contributed by atoms with Crippen molar-refractivity contribution in [3.63, 3.8) is 0 Å². The van der Waals surface area contributed by atoms with Crippen molar-refractivity contribution < 1.29 is 13.2 Å². The molecular weight excluding hydrogens is 292 g/mol. The second-order valence-corrected chi connectivity index (χ2v) is 7.76. The Bertz CT molecular complexity index is 478. The summed E-state index contributed by atoms with van der Waals surface area (Å²) in [6.45, 7) is 2.16. The lowest BCUT2D eigenvalue weighted by atomic mass is 9.98. The molecule has 0 bridgehead atoms. The van der Waals surface area contributed by atoms with E-state index < -0.39 is 10.2 Å². The van der Waals surface area contributed by atoms with Crippen molar-refractivity contribution in [3.05, 3.63) is 0 Å². The van der Waals surface area contributed by atoms with Gasteiger partial charge in [0, 0.05) is 39.3 Å². The predicted molar refractivity (Wildman–Crippen MR) is 80.7 cm³/mol. The fraction of sp³-hybridized carbons (Fsp3) is 0.923. The quantitative estimate of drug-likeness (QED) is 0.712. The van der Waals surface area contributed by atoms with E-state index >= 15 is 0 Å². The first-order valence-corrected chi connectivity index (χ1v) is 9.02. The van der Waals surface area contributed by atoms with Gasteiger partial charge in [-0.2, -0.15) is 12.7 Å². The lowest BCUT2D eigenvalue weighted by Crippen LogP contribution is -2.48. The first kappa shape index (κ1) is 16.7. The molecule has 8 heteroatoms. The molecule has 2 aliphatic rings. The summed E-state index contributed by atoms with van der Waals surface area (Å²) >= 11 is 0. The highest BCUT2D eigenvalue weighted by atomic mass is 32.2. The number of hydrogen-bond acceptors (Lipinski definition) is 4. The Hall–Kier alpha value is -0.700. The number of carbonyl (C=O) groups excluding carboxylic acids is 1. The van der Waals surface area contributed by atoms with Crippen molar-refractivity contribution in [2.45, 2.75) is 31.7 Å². The molecule has 0 aromatic heterocycles. The summed E-state index contributed by atoms with van der Waals surface area (Å²) in [6, 6.07) is 0.682. The average Bonchev–Trinajstić information content (AvgIpc) is 3.27. The summed E-state index contributed by atoms with van der Waals surface area (Å²) in [7, 11) is 0.181. The van der Waals surface area contributed by atoms with Gasteiger partial charge in [0.05, 0.1) is 5.92 Å². The molecule has 122 valence electrons. The molecule has 0 aromatic carbocycles. The monoisotopic (exact) mass is 318 g/mol. The number of likely N-dealkylation sites (N-methyl/N-ethyl adjacent to an activating group) is 2. The van der Waals surface area contributed by atoms with Crippen molar-refractivity contribution in [1.29, 1.82) is 0 Å². The van der Waals surface area contributed by atoms with Crippen LogP contribution >= 0.6 is 0 Å². The van der Waals surface area contributed by atoms with Crippen molar-refractivity contribution in [2.24, 2.45) is 11.1 Å². The highest BCUT2D eigenvalue weighted by Crippen LogP contribution is 2.25. The zero-order valence-corrected chi connectivity index (χ0v) is 13.7. The third kappa shape index (κ3) is 4.64. The second-order valence-electron chi connectivity index (χ2n) is 6.21. The molecule has 0 radical (unpaired) electrons. The van der Waals surface area contributed by atoms with Crippen molar-refractivity contribution in [3.8, 4) is 0 Å². The van der Waals surface area contributed by atoms with Gasteiger partial charge in [0.2, 0.25) is 5.91 Å². The molecule has 1 aliphatic heterocycles. The number of nitrogens with two attached hydrogens (primary N) is 1. The summed E-state index contributed by atoms with van der Waals surface area (Å²) in [5.74, 6) is -0.249. The van der Waals surface area contributed by atoms with Crippen LogP contribution < -0.4 is 5.14 Å². The van der Waals surface area contributed by atoms with Gasteiger partial charge in [-0.15, -0.1) is 0 Å². The maximum absolute atomic E-state index is 12.4. The largest absolute Gasteiger partial charge is 0.344 e. The van der Waals surface area contributed by atoms with Crippen LogP contribution in [0.25, 0.3) is 0 Å². The molecule has 7 nitrogen and oxygen atoms in total. The number of carbonyl (C=O) groups is 1. The van der Waals surface area contributed by atoms with Crippen LogP contribution in [-0.4, -0.2) is 74.7 Å². The molecule has 2 fully saturated rings. The molecule has 0 aromatic rings. The Labute approximate surface area is 127 Å². The molecule has 2 N–H and O–H groups in total. The summed E-state index contributed by atoms with van der Waals surface area (Å²) in [4.78, 5) is 16.4. The maximum Gasteiger partial charge on any atom is 0.276 e. The summed E-state index contributed by atoms with van der Waals surface area (Å²) in [5, 5.41) is 5.15. The summed E-state index contributed by atoms with van der Waals surface area (Å²) in [5.41, 5.74) is 0. The van der Waals surface area contributed by atoms with Crippen LogP contribution in [0.2, 0.25) is 0 Å². The average molecular weight is 318 g/mol. The van der Waals surface area contributed by atoms with Gasteiger partial charge in [0.1, 0.15) is 0 Å². The van der Waals surface area contributed by atoms with Gasteiger partial charge in [-0.05, 0) is 32.7 Å². The van der Waals surface area contributed by atoms with Gasteiger partial charge in [-0.1, -0.05) is 0 Å². The van der Waals surface area contributed by atoms with Gasteiger partial charge < -0.3 is 9.80 Å². The fourth-order valence-corrected chi connectivity index (χ4v) is 3.57. The molecule has 2 rings (SSSR count). The van der Waals surface area contributed by atoms with E-state index in [0.29, 0.717) is 25.6 Å². The minimum atomic E-state index is -3.69. The van der Waals surface area contributed by atoms with Gasteiger partial charge in [0.15, 0.2) is 0 Å². The van der Waals surface area contributed by atoms with E-state index in [1.165, 1.54) is 17.1 Å². The van der Waals surface area contributed by atoms with Crippen LogP contribution in [0.1, 0.15) is 25.7 Å². The summed E-state index contributed by atoms with van der Waals surface area (Å²) in [6.07, 6.45) is 3.91. The SMILES string of the molecule is CN(CCN(C)C1CC1)C(=O)C1CCCN(S(N)(=O)=O)C1. The van der Waals surface area contributed by atoms with E-state index in [1.54, 1.807) is 11.9 Å². The van der Waals surface area contributed by atoms with E-state index in [1.807, 2.05) is 0 Å².